The van der Waals surface area contributed by atoms with E-state index in [1.54, 1.807) is 6.92 Å². The zero-order chi connectivity index (χ0) is 17.9. The van der Waals surface area contributed by atoms with Crippen LogP contribution in [0.2, 0.25) is 0 Å². The lowest BCUT2D eigenvalue weighted by Crippen LogP contribution is -2.54. The lowest BCUT2D eigenvalue weighted by Gasteiger charge is -2.36. The first kappa shape index (κ1) is 18.2. The van der Waals surface area contributed by atoms with Gasteiger partial charge >= 0.3 is 12.0 Å². The lowest BCUT2D eigenvalue weighted by atomic mass is 9.73. The largest absolute Gasteiger partial charge is 0.451 e. The molecule has 0 unspecified atom stereocenters. The van der Waals surface area contributed by atoms with E-state index in [-0.39, 0.29) is 11.8 Å². The van der Waals surface area contributed by atoms with Crippen LogP contribution in [0, 0.1) is 5.92 Å². The molecule has 2 aliphatic rings. The Hall–Kier alpha value is -2.12. The Morgan fingerprint density at radius 2 is 2.12 bits per heavy atom. The first-order valence-corrected chi connectivity index (χ1v) is 8.43. The number of urea groups is 1. The highest BCUT2D eigenvalue weighted by Crippen LogP contribution is 2.38. The monoisotopic (exact) mass is 339 g/mol. The van der Waals surface area contributed by atoms with E-state index in [2.05, 4.69) is 10.6 Å². The standard InChI is InChI=1S/C16H25N3O5/c1-4-17-13(21)11(3)24-12(20)9-19-14(22)16(18-15(19)23)8-6-5-7-10(16)2/h10-11H,4-9H2,1-3H3,(H,17,21)(H,18,23)/t10-,11-,16+/m0/s1. The molecule has 0 bridgehead atoms. The van der Waals surface area contributed by atoms with Crippen molar-refractivity contribution in [2.24, 2.45) is 5.92 Å². The maximum absolute atomic E-state index is 12.7. The Morgan fingerprint density at radius 1 is 1.42 bits per heavy atom. The van der Waals surface area contributed by atoms with Crippen LogP contribution >= 0.6 is 0 Å². The summed E-state index contributed by atoms with van der Waals surface area (Å²) in [5.41, 5.74) is -0.902. The van der Waals surface area contributed by atoms with Crippen LogP contribution in [0.3, 0.4) is 0 Å². The molecule has 24 heavy (non-hydrogen) atoms. The Morgan fingerprint density at radius 3 is 2.75 bits per heavy atom. The highest BCUT2D eigenvalue weighted by Gasteiger charge is 2.55. The third kappa shape index (κ3) is 3.37. The van der Waals surface area contributed by atoms with Crippen LogP contribution in [0.5, 0.6) is 0 Å². The normalized spacial score (nSPS) is 27.8. The molecule has 134 valence electrons. The molecule has 0 aromatic rings. The van der Waals surface area contributed by atoms with Gasteiger partial charge < -0.3 is 15.4 Å². The molecule has 1 aliphatic carbocycles. The quantitative estimate of drug-likeness (QED) is 0.562. The van der Waals surface area contributed by atoms with Crippen LogP contribution in [0.1, 0.15) is 46.5 Å². The van der Waals surface area contributed by atoms with Crippen molar-refractivity contribution in [2.45, 2.75) is 58.1 Å². The molecule has 0 aromatic heterocycles. The number of hydrogen-bond acceptors (Lipinski definition) is 5. The molecule has 0 radical (unpaired) electrons. The van der Waals surface area contributed by atoms with E-state index in [0.29, 0.717) is 13.0 Å². The minimum atomic E-state index is -0.971. The second-order valence-corrected chi connectivity index (χ2v) is 6.47. The number of nitrogens with one attached hydrogen (secondary N) is 2. The third-order valence-corrected chi connectivity index (χ3v) is 4.82. The highest BCUT2D eigenvalue weighted by atomic mass is 16.5. The number of likely N-dealkylation sites (N-methyl/N-ethyl adjacent to an activating group) is 1. The van der Waals surface area contributed by atoms with Crippen molar-refractivity contribution < 1.29 is 23.9 Å². The molecule has 3 atom stereocenters. The van der Waals surface area contributed by atoms with E-state index in [4.69, 9.17) is 4.74 Å². The van der Waals surface area contributed by atoms with Gasteiger partial charge in [-0.1, -0.05) is 19.8 Å². The van der Waals surface area contributed by atoms with Crippen molar-refractivity contribution in [1.29, 1.82) is 0 Å². The molecule has 4 amide bonds. The molecule has 2 N–H and O–H groups in total. The number of carbonyl (C=O) groups excluding carboxylic acids is 4. The summed E-state index contributed by atoms with van der Waals surface area (Å²) in [5, 5.41) is 5.31. The number of rotatable bonds is 5. The number of ether oxygens (including phenoxy) is 1. The predicted molar refractivity (Wildman–Crippen MR) is 84.8 cm³/mol. The highest BCUT2D eigenvalue weighted by molar-refractivity contribution is 6.09. The van der Waals surface area contributed by atoms with Crippen LogP contribution in [-0.4, -0.2) is 53.4 Å². The van der Waals surface area contributed by atoms with Crippen molar-refractivity contribution >= 4 is 23.8 Å². The first-order valence-electron chi connectivity index (χ1n) is 8.43. The number of nitrogens with zero attached hydrogens (tertiary/aromatic N) is 1. The van der Waals surface area contributed by atoms with E-state index in [1.807, 2.05) is 6.92 Å². The summed E-state index contributed by atoms with van der Waals surface area (Å²) in [7, 11) is 0. The summed E-state index contributed by atoms with van der Waals surface area (Å²) >= 11 is 0. The van der Waals surface area contributed by atoms with Gasteiger partial charge in [-0.05, 0) is 32.6 Å². The van der Waals surface area contributed by atoms with E-state index < -0.39 is 36.1 Å². The Bertz CT molecular complexity index is 550. The molecule has 2 fully saturated rings. The van der Waals surface area contributed by atoms with E-state index in [9.17, 15) is 19.2 Å². The molecular formula is C16H25N3O5. The molecule has 1 aliphatic heterocycles. The minimum absolute atomic E-state index is 0.0259. The second kappa shape index (κ2) is 7.19. The number of imide groups is 1. The molecule has 1 heterocycles. The summed E-state index contributed by atoms with van der Waals surface area (Å²) in [6.45, 7) is 5.08. The van der Waals surface area contributed by atoms with Crippen LogP contribution in [0.25, 0.3) is 0 Å². The van der Waals surface area contributed by atoms with Gasteiger partial charge in [-0.25, -0.2) is 4.79 Å². The van der Waals surface area contributed by atoms with Gasteiger partial charge in [0.25, 0.3) is 11.8 Å². The lowest BCUT2D eigenvalue weighted by molar-refractivity contribution is -0.156. The molecule has 1 saturated heterocycles. The SMILES string of the molecule is CCNC(=O)[C@H](C)OC(=O)CN1C(=O)N[C@@]2(CCCC[C@@H]2C)C1=O. The third-order valence-electron chi connectivity index (χ3n) is 4.82. The maximum Gasteiger partial charge on any atom is 0.327 e. The van der Waals surface area contributed by atoms with E-state index in [1.165, 1.54) is 6.92 Å². The predicted octanol–water partition coefficient (Wildman–Crippen LogP) is 0.555. The van der Waals surface area contributed by atoms with E-state index >= 15 is 0 Å². The average Bonchev–Trinajstić information content (AvgIpc) is 2.75. The van der Waals surface area contributed by atoms with Crippen LogP contribution in [0.4, 0.5) is 4.79 Å². The fourth-order valence-corrected chi connectivity index (χ4v) is 3.37. The molecule has 2 rings (SSSR count). The van der Waals surface area contributed by atoms with Gasteiger partial charge in [-0.2, -0.15) is 0 Å². The van der Waals surface area contributed by atoms with Crippen molar-refractivity contribution in [2.75, 3.05) is 13.1 Å². The molecule has 1 saturated carbocycles. The van der Waals surface area contributed by atoms with Crippen LogP contribution < -0.4 is 10.6 Å². The zero-order valence-electron chi connectivity index (χ0n) is 14.4. The van der Waals surface area contributed by atoms with E-state index in [0.717, 1.165) is 24.2 Å². The van der Waals surface area contributed by atoms with Crippen LogP contribution in [0.15, 0.2) is 0 Å². The molecule has 0 aromatic carbocycles. The van der Waals surface area contributed by atoms with Gasteiger partial charge in [0.2, 0.25) is 0 Å². The van der Waals surface area contributed by atoms with Crippen molar-refractivity contribution in [1.82, 2.24) is 15.5 Å². The second-order valence-electron chi connectivity index (χ2n) is 6.47. The Kier molecular flexibility index (Phi) is 5.46. The number of amides is 4. The first-order chi connectivity index (χ1) is 11.3. The maximum atomic E-state index is 12.7. The van der Waals surface area contributed by atoms with Crippen molar-refractivity contribution in [3.05, 3.63) is 0 Å². The number of hydrogen-bond donors (Lipinski definition) is 2. The van der Waals surface area contributed by atoms with Gasteiger partial charge in [0.15, 0.2) is 6.10 Å². The van der Waals surface area contributed by atoms with Crippen molar-refractivity contribution in [3.63, 3.8) is 0 Å². The molecule has 8 heteroatoms. The Balaban J connectivity index is 1.99. The summed E-state index contributed by atoms with van der Waals surface area (Å²) in [5.74, 6) is -1.54. The minimum Gasteiger partial charge on any atom is -0.451 e. The number of esters is 1. The Labute approximate surface area is 141 Å². The summed E-state index contributed by atoms with van der Waals surface area (Å²) in [4.78, 5) is 49.3. The summed E-state index contributed by atoms with van der Waals surface area (Å²) in [6.07, 6.45) is 2.36. The topological polar surface area (TPSA) is 105 Å². The van der Waals surface area contributed by atoms with Crippen molar-refractivity contribution in [3.8, 4) is 0 Å². The van der Waals surface area contributed by atoms with Gasteiger partial charge in [0.1, 0.15) is 12.1 Å². The summed E-state index contributed by atoms with van der Waals surface area (Å²) in [6, 6.07) is -0.573. The van der Waals surface area contributed by atoms with Gasteiger partial charge in [-0.3, -0.25) is 19.3 Å². The van der Waals surface area contributed by atoms with Gasteiger partial charge in [0, 0.05) is 6.54 Å². The molecular weight excluding hydrogens is 314 g/mol. The smallest absolute Gasteiger partial charge is 0.327 e. The fourth-order valence-electron chi connectivity index (χ4n) is 3.37. The zero-order valence-corrected chi connectivity index (χ0v) is 14.4. The van der Waals surface area contributed by atoms with Gasteiger partial charge in [-0.15, -0.1) is 0 Å². The fraction of sp³-hybridized carbons (Fsp3) is 0.750. The molecule has 1 spiro atoms. The molecule has 8 nitrogen and oxygen atoms in total. The number of carbonyl (C=O) groups is 4. The van der Waals surface area contributed by atoms with Gasteiger partial charge in [0.05, 0.1) is 0 Å². The summed E-state index contributed by atoms with van der Waals surface area (Å²) < 4.78 is 5.00. The average molecular weight is 339 g/mol. The van der Waals surface area contributed by atoms with Crippen LogP contribution in [-0.2, 0) is 19.1 Å².